The van der Waals surface area contributed by atoms with Crippen LogP contribution in [0.15, 0.2) is 69.4 Å². The Morgan fingerprint density at radius 1 is 1.09 bits per heavy atom. The Bertz CT molecular complexity index is 1260. The van der Waals surface area contributed by atoms with Gasteiger partial charge in [0.25, 0.3) is 0 Å². The van der Waals surface area contributed by atoms with Gasteiger partial charge in [0.15, 0.2) is 10.6 Å². The van der Waals surface area contributed by atoms with Crippen LogP contribution in [0.25, 0.3) is 22.4 Å². The number of carbonyl (C=O) groups excluding carboxylic acids is 1. The molecule has 1 amide bonds. The van der Waals surface area contributed by atoms with Gasteiger partial charge in [-0.3, -0.25) is 4.79 Å². The van der Waals surface area contributed by atoms with Gasteiger partial charge >= 0.3 is 0 Å². The van der Waals surface area contributed by atoms with Gasteiger partial charge in [0, 0.05) is 36.8 Å². The fourth-order valence-electron chi connectivity index (χ4n) is 4.22. The molecule has 164 valence electrons. The number of hydrogen-bond acceptors (Lipinski definition) is 4. The Morgan fingerprint density at radius 2 is 1.94 bits per heavy atom. The van der Waals surface area contributed by atoms with E-state index in [9.17, 15) is 4.79 Å². The molecule has 1 aliphatic rings. The van der Waals surface area contributed by atoms with Gasteiger partial charge in [0.2, 0.25) is 5.91 Å². The first kappa shape index (κ1) is 20.8. The van der Waals surface area contributed by atoms with Crippen LogP contribution in [0.5, 0.6) is 0 Å². The lowest BCUT2D eigenvalue weighted by atomic mass is 10.2. The van der Waals surface area contributed by atoms with Gasteiger partial charge in [0.1, 0.15) is 5.58 Å². The highest BCUT2D eigenvalue weighted by molar-refractivity contribution is 7.07. The fraction of sp³-hybridized carbons (Fsp3) is 0.308. The standard InChI is InChI=1S/C26H27N3O2S/c1-2-19-10-12-21(13-11-19)27-26-29(16-6-15-28-14-5-9-25(28)30)22(18-32-26)24-17-20-7-3-4-8-23(20)31-24/h3-4,7-8,10-13,17-18H,2,5-6,9,14-16H2,1H3. The van der Waals surface area contributed by atoms with Crippen LogP contribution >= 0.6 is 11.3 Å². The molecule has 5 rings (SSSR count). The molecule has 6 heteroatoms. The van der Waals surface area contributed by atoms with E-state index in [1.54, 1.807) is 11.3 Å². The number of fused-ring (bicyclic) bond motifs is 1. The number of aromatic nitrogens is 1. The molecule has 0 unspecified atom stereocenters. The summed E-state index contributed by atoms with van der Waals surface area (Å²) in [5.41, 5.74) is 4.17. The average molecular weight is 446 g/mol. The quantitative estimate of drug-likeness (QED) is 0.363. The van der Waals surface area contributed by atoms with E-state index in [1.165, 1.54) is 5.56 Å². The number of nitrogens with zero attached hydrogens (tertiary/aromatic N) is 3. The minimum Gasteiger partial charge on any atom is -0.454 e. The summed E-state index contributed by atoms with van der Waals surface area (Å²) in [5.74, 6) is 1.13. The van der Waals surface area contributed by atoms with E-state index in [2.05, 4.69) is 53.3 Å². The van der Waals surface area contributed by atoms with Crippen molar-refractivity contribution in [1.82, 2.24) is 9.47 Å². The van der Waals surface area contributed by atoms with Crippen molar-refractivity contribution in [3.05, 3.63) is 70.3 Å². The highest BCUT2D eigenvalue weighted by Crippen LogP contribution is 2.28. The molecule has 0 saturated carbocycles. The van der Waals surface area contributed by atoms with Gasteiger partial charge in [-0.2, -0.15) is 0 Å². The van der Waals surface area contributed by atoms with Gasteiger partial charge in [-0.1, -0.05) is 37.3 Å². The summed E-state index contributed by atoms with van der Waals surface area (Å²) in [5, 5.41) is 3.22. The Kier molecular flexibility index (Phi) is 5.95. The Labute approximate surface area is 191 Å². The number of thiazole rings is 1. The van der Waals surface area contributed by atoms with Crippen molar-refractivity contribution < 1.29 is 9.21 Å². The minimum absolute atomic E-state index is 0.277. The molecule has 1 saturated heterocycles. The van der Waals surface area contributed by atoms with Crippen molar-refractivity contribution in [3.63, 3.8) is 0 Å². The smallest absolute Gasteiger partial charge is 0.222 e. The summed E-state index contributed by atoms with van der Waals surface area (Å²) in [4.78, 5) is 19.9. The molecule has 0 spiro atoms. The predicted octanol–water partition coefficient (Wildman–Crippen LogP) is 5.77. The fourth-order valence-corrected chi connectivity index (χ4v) is 5.15. The monoisotopic (exact) mass is 445 g/mol. The molecule has 0 bridgehead atoms. The van der Waals surface area contributed by atoms with Crippen molar-refractivity contribution in [3.8, 4) is 11.5 Å². The number of furan rings is 1. The lowest BCUT2D eigenvalue weighted by Crippen LogP contribution is -2.27. The number of likely N-dealkylation sites (tertiary alicyclic amines) is 1. The van der Waals surface area contributed by atoms with E-state index in [-0.39, 0.29) is 5.91 Å². The van der Waals surface area contributed by atoms with E-state index in [1.807, 2.05) is 23.1 Å². The van der Waals surface area contributed by atoms with E-state index in [0.29, 0.717) is 6.42 Å². The van der Waals surface area contributed by atoms with Crippen LogP contribution in [-0.2, 0) is 17.8 Å². The van der Waals surface area contributed by atoms with Crippen LogP contribution < -0.4 is 4.80 Å². The van der Waals surface area contributed by atoms with Gasteiger partial charge in [-0.25, -0.2) is 4.99 Å². The van der Waals surface area contributed by atoms with E-state index in [4.69, 9.17) is 9.41 Å². The number of rotatable bonds is 7. The molecule has 5 nitrogen and oxygen atoms in total. The first-order chi connectivity index (χ1) is 15.7. The van der Waals surface area contributed by atoms with Gasteiger partial charge in [-0.15, -0.1) is 11.3 Å². The largest absolute Gasteiger partial charge is 0.454 e. The molecule has 1 aliphatic heterocycles. The molecule has 3 heterocycles. The summed E-state index contributed by atoms with van der Waals surface area (Å²) < 4.78 is 8.40. The molecule has 32 heavy (non-hydrogen) atoms. The van der Waals surface area contributed by atoms with E-state index in [0.717, 1.165) is 71.8 Å². The summed E-state index contributed by atoms with van der Waals surface area (Å²) in [6.45, 7) is 4.60. The zero-order chi connectivity index (χ0) is 21.9. The maximum absolute atomic E-state index is 12.0. The third kappa shape index (κ3) is 4.28. The molecule has 0 N–H and O–H groups in total. The molecule has 2 aromatic heterocycles. The van der Waals surface area contributed by atoms with Crippen molar-refractivity contribution >= 4 is 33.9 Å². The normalized spacial score (nSPS) is 14.7. The molecule has 0 aliphatic carbocycles. The lowest BCUT2D eigenvalue weighted by molar-refractivity contribution is -0.127. The van der Waals surface area contributed by atoms with E-state index >= 15 is 0 Å². The van der Waals surface area contributed by atoms with Crippen LogP contribution in [0.4, 0.5) is 5.69 Å². The average Bonchev–Trinajstić information content (AvgIpc) is 3.53. The molecule has 0 radical (unpaired) electrons. The van der Waals surface area contributed by atoms with Crippen molar-refractivity contribution in [1.29, 1.82) is 0 Å². The Morgan fingerprint density at radius 3 is 2.69 bits per heavy atom. The second-order valence-corrected chi connectivity index (χ2v) is 9.01. The molecular formula is C26H27N3O2S. The highest BCUT2D eigenvalue weighted by Gasteiger charge is 2.20. The first-order valence-electron chi connectivity index (χ1n) is 11.3. The van der Waals surface area contributed by atoms with E-state index < -0.39 is 0 Å². The van der Waals surface area contributed by atoms with Crippen LogP contribution in [0.3, 0.4) is 0 Å². The molecule has 2 aromatic carbocycles. The molecule has 1 fully saturated rings. The number of hydrogen-bond donors (Lipinski definition) is 0. The molecule has 4 aromatic rings. The Hall–Kier alpha value is -3.12. The third-order valence-corrected chi connectivity index (χ3v) is 6.89. The highest BCUT2D eigenvalue weighted by atomic mass is 32.1. The number of amides is 1. The summed E-state index contributed by atoms with van der Waals surface area (Å²) in [7, 11) is 0. The van der Waals surface area contributed by atoms with Crippen LogP contribution in [0.1, 0.15) is 31.7 Å². The second-order valence-electron chi connectivity index (χ2n) is 8.17. The van der Waals surface area contributed by atoms with Crippen molar-refractivity contribution in [2.45, 2.75) is 39.2 Å². The summed E-state index contributed by atoms with van der Waals surface area (Å²) in [6.07, 6.45) is 3.57. The van der Waals surface area contributed by atoms with Crippen LogP contribution in [0, 0.1) is 0 Å². The van der Waals surface area contributed by atoms with Crippen LogP contribution in [0.2, 0.25) is 0 Å². The van der Waals surface area contributed by atoms with Crippen LogP contribution in [-0.4, -0.2) is 28.5 Å². The predicted molar refractivity (Wildman–Crippen MR) is 129 cm³/mol. The van der Waals surface area contributed by atoms with Gasteiger partial charge in [0.05, 0.1) is 11.4 Å². The summed E-state index contributed by atoms with van der Waals surface area (Å²) in [6, 6.07) is 18.6. The number of carbonyl (C=O) groups is 1. The number of benzene rings is 2. The maximum Gasteiger partial charge on any atom is 0.222 e. The SMILES string of the molecule is CCc1ccc(N=c2scc(-c3cc4ccccc4o3)n2CCCN2CCCC2=O)cc1. The number of aryl methyl sites for hydroxylation is 1. The maximum atomic E-state index is 12.0. The van der Waals surface area contributed by atoms with Crippen molar-refractivity contribution in [2.75, 3.05) is 13.1 Å². The lowest BCUT2D eigenvalue weighted by Gasteiger charge is -2.16. The minimum atomic E-state index is 0.277. The number of para-hydroxylation sites is 1. The summed E-state index contributed by atoms with van der Waals surface area (Å²) >= 11 is 1.62. The first-order valence-corrected chi connectivity index (χ1v) is 12.2. The third-order valence-electron chi connectivity index (χ3n) is 6.03. The zero-order valence-electron chi connectivity index (χ0n) is 18.3. The second kappa shape index (κ2) is 9.17. The topological polar surface area (TPSA) is 50.7 Å². The molecule has 0 atom stereocenters. The zero-order valence-corrected chi connectivity index (χ0v) is 19.1. The van der Waals surface area contributed by atoms with Gasteiger partial charge < -0.3 is 13.9 Å². The van der Waals surface area contributed by atoms with Crippen molar-refractivity contribution in [2.24, 2.45) is 4.99 Å². The molecular weight excluding hydrogens is 418 g/mol. The van der Waals surface area contributed by atoms with Gasteiger partial charge in [-0.05, 0) is 49.1 Å². The Balaban J connectivity index is 1.49.